The van der Waals surface area contributed by atoms with E-state index in [4.69, 9.17) is 0 Å². The number of rotatable bonds is 6. The molecular formula is C20H17N3O5. The average molecular weight is 379 g/mol. The van der Waals surface area contributed by atoms with Crippen molar-refractivity contribution in [1.29, 1.82) is 0 Å². The third kappa shape index (κ3) is 3.52. The zero-order chi connectivity index (χ0) is 20.3. The Kier molecular flexibility index (Phi) is 5.30. The average Bonchev–Trinajstić information content (AvgIpc) is 3.00. The smallest absolute Gasteiger partial charge is 0.269 e. The summed E-state index contributed by atoms with van der Waals surface area (Å²) < 4.78 is 0. The number of carbonyl (C=O) groups excluding carboxylic acids is 3. The number of nitro benzene ring substituents is 1. The Bertz CT molecular complexity index is 940. The topological polar surface area (TPSA) is 101 Å². The number of hydrogen-bond donors (Lipinski definition) is 0. The molecule has 142 valence electrons. The van der Waals surface area contributed by atoms with E-state index in [1.54, 1.807) is 30.3 Å². The van der Waals surface area contributed by atoms with Crippen LogP contribution in [0.3, 0.4) is 0 Å². The van der Waals surface area contributed by atoms with Crippen LogP contribution in [0.2, 0.25) is 0 Å². The fourth-order valence-corrected chi connectivity index (χ4v) is 3.09. The van der Waals surface area contributed by atoms with Gasteiger partial charge in [-0.1, -0.05) is 24.3 Å². The Morgan fingerprint density at radius 2 is 1.82 bits per heavy atom. The molecule has 0 saturated carbocycles. The van der Waals surface area contributed by atoms with Gasteiger partial charge in [0.1, 0.15) is 6.04 Å². The van der Waals surface area contributed by atoms with E-state index in [-0.39, 0.29) is 24.2 Å². The molecule has 3 amide bonds. The molecule has 0 aromatic heterocycles. The van der Waals surface area contributed by atoms with Crippen LogP contribution in [-0.4, -0.2) is 40.1 Å². The lowest BCUT2D eigenvalue weighted by atomic mass is 10.1. The van der Waals surface area contributed by atoms with Gasteiger partial charge in [-0.2, -0.15) is 0 Å². The minimum absolute atomic E-state index is 0.0577. The number of anilines is 1. The predicted octanol–water partition coefficient (Wildman–Crippen LogP) is 2.56. The quantitative estimate of drug-likeness (QED) is 0.332. The van der Waals surface area contributed by atoms with Gasteiger partial charge in [0.25, 0.3) is 17.5 Å². The van der Waals surface area contributed by atoms with Crippen molar-refractivity contribution >= 4 is 29.1 Å². The molecule has 2 aromatic rings. The van der Waals surface area contributed by atoms with E-state index in [2.05, 4.69) is 6.58 Å². The number of hydrogen-bond acceptors (Lipinski definition) is 5. The molecule has 2 aromatic carbocycles. The van der Waals surface area contributed by atoms with Crippen molar-refractivity contribution < 1.29 is 19.3 Å². The Morgan fingerprint density at radius 3 is 2.39 bits per heavy atom. The summed E-state index contributed by atoms with van der Waals surface area (Å²) in [6.07, 6.45) is 1.33. The number of carbonyl (C=O) groups is 3. The summed E-state index contributed by atoms with van der Waals surface area (Å²) in [4.78, 5) is 50.8. The molecule has 0 spiro atoms. The Balaban J connectivity index is 1.88. The number of nitro groups is 1. The highest BCUT2D eigenvalue weighted by atomic mass is 16.6. The van der Waals surface area contributed by atoms with E-state index < -0.39 is 28.7 Å². The molecule has 0 bridgehead atoms. The Morgan fingerprint density at radius 1 is 1.18 bits per heavy atom. The van der Waals surface area contributed by atoms with Crippen molar-refractivity contribution in [2.75, 3.05) is 11.4 Å². The molecule has 1 fully saturated rings. The van der Waals surface area contributed by atoms with Crippen molar-refractivity contribution in [2.24, 2.45) is 0 Å². The second kappa shape index (κ2) is 7.83. The van der Waals surface area contributed by atoms with Crippen LogP contribution in [0.4, 0.5) is 11.4 Å². The third-order valence-electron chi connectivity index (χ3n) is 4.43. The predicted molar refractivity (Wildman–Crippen MR) is 102 cm³/mol. The van der Waals surface area contributed by atoms with Crippen molar-refractivity contribution in [1.82, 2.24) is 4.90 Å². The molecule has 1 saturated heterocycles. The van der Waals surface area contributed by atoms with Crippen LogP contribution in [0.25, 0.3) is 0 Å². The summed E-state index contributed by atoms with van der Waals surface area (Å²) in [7, 11) is 0. The molecule has 1 aliphatic rings. The second-order valence-electron chi connectivity index (χ2n) is 6.17. The molecule has 0 radical (unpaired) electrons. The molecule has 3 rings (SSSR count). The number of benzene rings is 2. The zero-order valence-corrected chi connectivity index (χ0v) is 14.9. The second-order valence-corrected chi connectivity index (χ2v) is 6.17. The van der Waals surface area contributed by atoms with E-state index in [1.165, 1.54) is 35.2 Å². The molecule has 1 aliphatic heterocycles. The summed E-state index contributed by atoms with van der Waals surface area (Å²) in [5, 5.41) is 10.8. The molecule has 0 N–H and O–H groups in total. The lowest BCUT2D eigenvalue weighted by Gasteiger charge is -2.26. The van der Waals surface area contributed by atoms with Crippen LogP contribution in [-0.2, 0) is 9.59 Å². The monoisotopic (exact) mass is 379 g/mol. The van der Waals surface area contributed by atoms with Crippen LogP contribution in [0.1, 0.15) is 16.8 Å². The van der Waals surface area contributed by atoms with E-state index >= 15 is 0 Å². The summed E-state index contributed by atoms with van der Waals surface area (Å²) in [5.74, 6) is -1.39. The molecule has 1 atom stereocenters. The maximum atomic E-state index is 12.9. The van der Waals surface area contributed by atoms with Gasteiger partial charge in [0.05, 0.1) is 17.0 Å². The Hall–Kier alpha value is -3.81. The van der Waals surface area contributed by atoms with Gasteiger partial charge in [0, 0.05) is 24.2 Å². The van der Waals surface area contributed by atoms with Gasteiger partial charge < -0.3 is 4.90 Å². The van der Waals surface area contributed by atoms with Crippen molar-refractivity contribution in [3.05, 3.63) is 82.9 Å². The molecular weight excluding hydrogens is 362 g/mol. The highest BCUT2D eigenvalue weighted by Crippen LogP contribution is 2.26. The van der Waals surface area contributed by atoms with Gasteiger partial charge in [0.2, 0.25) is 5.91 Å². The minimum atomic E-state index is -0.964. The Labute approximate surface area is 160 Å². The van der Waals surface area contributed by atoms with Crippen molar-refractivity contribution in [3.8, 4) is 0 Å². The lowest BCUT2D eigenvalue weighted by Crippen LogP contribution is -2.45. The van der Waals surface area contributed by atoms with Crippen molar-refractivity contribution in [2.45, 2.75) is 12.5 Å². The standard InChI is InChI=1S/C20H17N3O5/c1-2-12-21(19(25)14-8-10-16(11-9-14)23(27)28)17-13-18(24)22(20(17)26)15-6-4-3-5-7-15/h2-11,17H,1,12-13H2. The van der Waals surface area contributed by atoms with E-state index in [1.807, 2.05) is 0 Å². The van der Waals surface area contributed by atoms with Crippen LogP contribution in [0, 0.1) is 10.1 Å². The number of nitrogens with zero attached hydrogens (tertiary/aromatic N) is 3. The fourth-order valence-electron chi connectivity index (χ4n) is 3.09. The van der Waals surface area contributed by atoms with Crippen LogP contribution >= 0.6 is 0 Å². The fraction of sp³-hybridized carbons (Fsp3) is 0.150. The lowest BCUT2D eigenvalue weighted by molar-refractivity contribution is -0.384. The minimum Gasteiger partial charge on any atom is -0.322 e. The summed E-state index contributed by atoms with van der Waals surface area (Å²) >= 11 is 0. The van der Waals surface area contributed by atoms with Crippen LogP contribution in [0.5, 0.6) is 0 Å². The maximum absolute atomic E-state index is 12.9. The zero-order valence-electron chi connectivity index (χ0n) is 14.9. The number of non-ortho nitro benzene ring substituents is 1. The van der Waals surface area contributed by atoms with Crippen LogP contribution in [0.15, 0.2) is 67.3 Å². The van der Waals surface area contributed by atoms with Gasteiger partial charge >= 0.3 is 0 Å². The largest absolute Gasteiger partial charge is 0.322 e. The van der Waals surface area contributed by atoms with Crippen LogP contribution < -0.4 is 4.90 Å². The molecule has 8 nitrogen and oxygen atoms in total. The summed E-state index contributed by atoms with van der Waals surface area (Å²) in [6.45, 7) is 3.67. The normalized spacial score (nSPS) is 16.1. The number of imide groups is 1. The van der Waals surface area contributed by atoms with E-state index in [0.717, 1.165) is 4.90 Å². The molecule has 1 heterocycles. The van der Waals surface area contributed by atoms with Gasteiger partial charge in [-0.25, -0.2) is 4.90 Å². The molecule has 0 aliphatic carbocycles. The SMILES string of the molecule is C=CCN(C(=O)c1ccc([N+](=O)[O-])cc1)C1CC(=O)N(c2ccccc2)C1=O. The van der Waals surface area contributed by atoms with Crippen molar-refractivity contribution in [3.63, 3.8) is 0 Å². The number of amides is 3. The highest BCUT2D eigenvalue weighted by molar-refractivity contribution is 6.23. The first kappa shape index (κ1) is 19.0. The highest BCUT2D eigenvalue weighted by Gasteiger charge is 2.44. The van der Waals surface area contributed by atoms with Gasteiger partial charge in [-0.3, -0.25) is 24.5 Å². The maximum Gasteiger partial charge on any atom is 0.269 e. The third-order valence-corrected chi connectivity index (χ3v) is 4.43. The summed E-state index contributed by atoms with van der Waals surface area (Å²) in [5.41, 5.74) is 0.487. The van der Waals surface area contributed by atoms with Gasteiger partial charge in [-0.05, 0) is 24.3 Å². The first-order chi connectivity index (χ1) is 13.4. The van der Waals surface area contributed by atoms with E-state index in [9.17, 15) is 24.5 Å². The number of para-hydroxylation sites is 1. The first-order valence-corrected chi connectivity index (χ1v) is 8.52. The van der Waals surface area contributed by atoms with Gasteiger partial charge in [0.15, 0.2) is 0 Å². The molecule has 8 heteroatoms. The van der Waals surface area contributed by atoms with E-state index in [0.29, 0.717) is 5.69 Å². The van der Waals surface area contributed by atoms with Gasteiger partial charge in [-0.15, -0.1) is 6.58 Å². The summed E-state index contributed by atoms with van der Waals surface area (Å²) in [6, 6.07) is 12.6. The first-order valence-electron chi connectivity index (χ1n) is 8.52. The molecule has 28 heavy (non-hydrogen) atoms. The molecule has 1 unspecified atom stereocenters.